The van der Waals surface area contributed by atoms with Gasteiger partial charge >= 0.3 is 6.18 Å². The Kier molecular flexibility index (Phi) is 2.34. The molecular weight excluding hydrogens is 219 g/mol. The van der Waals surface area contributed by atoms with E-state index in [9.17, 15) is 13.2 Å². The van der Waals surface area contributed by atoms with Gasteiger partial charge in [-0.25, -0.2) is 4.68 Å². The maximum Gasteiger partial charge on any atom is 0.421 e. The van der Waals surface area contributed by atoms with Crippen molar-refractivity contribution in [3.8, 4) is 5.69 Å². The standard InChI is InChI=1S/C10H8F3N3/c11-10(12,13)8-6-15-16(9(8)14)7-4-2-1-3-5-7/h1-6H,14H2. The molecule has 3 nitrogen and oxygen atoms in total. The Bertz CT molecular complexity index is 488. The molecule has 0 unspecified atom stereocenters. The molecule has 6 heteroatoms. The minimum absolute atomic E-state index is 0.404. The second-order valence-corrected chi connectivity index (χ2v) is 3.19. The summed E-state index contributed by atoms with van der Waals surface area (Å²) in [5, 5.41) is 3.62. The van der Waals surface area contributed by atoms with Gasteiger partial charge in [0.2, 0.25) is 0 Å². The first-order valence-corrected chi connectivity index (χ1v) is 4.46. The summed E-state index contributed by atoms with van der Waals surface area (Å²) in [5.41, 5.74) is 4.98. The van der Waals surface area contributed by atoms with Crippen molar-refractivity contribution in [3.05, 3.63) is 42.1 Å². The second-order valence-electron chi connectivity index (χ2n) is 3.19. The number of alkyl halides is 3. The number of aromatic nitrogens is 2. The van der Waals surface area contributed by atoms with Crippen LogP contribution in [0.3, 0.4) is 0 Å². The molecule has 0 amide bonds. The summed E-state index contributed by atoms with van der Waals surface area (Å²) in [6, 6.07) is 8.41. The minimum Gasteiger partial charge on any atom is -0.383 e. The van der Waals surface area contributed by atoms with Crippen molar-refractivity contribution in [1.82, 2.24) is 9.78 Å². The fraction of sp³-hybridized carbons (Fsp3) is 0.100. The maximum atomic E-state index is 12.4. The van der Waals surface area contributed by atoms with Crippen LogP contribution < -0.4 is 5.73 Å². The van der Waals surface area contributed by atoms with Crippen molar-refractivity contribution < 1.29 is 13.2 Å². The lowest BCUT2D eigenvalue weighted by atomic mass is 10.3. The Morgan fingerprint density at radius 3 is 2.25 bits per heavy atom. The van der Waals surface area contributed by atoms with Crippen LogP contribution >= 0.6 is 0 Å². The van der Waals surface area contributed by atoms with E-state index in [4.69, 9.17) is 5.73 Å². The Morgan fingerprint density at radius 1 is 1.12 bits per heavy atom. The van der Waals surface area contributed by atoms with E-state index in [2.05, 4.69) is 5.10 Å². The number of anilines is 1. The average molecular weight is 227 g/mol. The first-order valence-electron chi connectivity index (χ1n) is 4.46. The van der Waals surface area contributed by atoms with Gasteiger partial charge in [0.05, 0.1) is 11.9 Å². The molecule has 2 aromatic rings. The summed E-state index contributed by atoms with van der Waals surface area (Å²) >= 11 is 0. The number of hydrogen-bond acceptors (Lipinski definition) is 2. The number of benzene rings is 1. The van der Waals surface area contributed by atoms with E-state index < -0.39 is 17.6 Å². The van der Waals surface area contributed by atoms with Gasteiger partial charge in [-0.1, -0.05) is 18.2 Å². The fourth-order valence-corrected chi connectivity index (χ4v) is 1.35. The van der Waals surface area contributed by atoms with Crippen LogP contribution in [0.2, 0.25) is 0 Å². The first kappa shape index (κ1) is 10.5. The Balaban J connectivity index is 2.50. The quantitative estimate of drug-likeness (QED) is 0.813. The summed E-state index contributed by atoms with van der Waals surface area (Å²) < 4.78 is 38.4. The van der Waals surface area contributed by atoms with Crippen molar-refractivity contribution in [2.75, 3.05) is 5.73 Å². The molecule has 0 bridgehead atoms. The van der Waals surface area contributed by atoms with Gasteiger partial charge in [-0.3, -0.25) is 0 Å². The van der Waals surface area contributed by atoms with E-state index in [-0.39, 0.29) is 0 Å². The second kappa shape index (κ2) is 3.55. The van der Waals surface area contributed by atoms with Crippen LogP contribution in [0, 0.1) is 0 Å². The predicted octanol–water partition coefficient (Wildman–Crippen LogP) is 2.47. The van der Waals surface area contributed by atoms with Gasteiger partial charge in [0, 0.05) is 0 Å². The Labute approximate surface area is 89.3 Å². The van der Waals surface area contributed by atoms with Crippen LogP contribution in [0.1, 0.15) is 5.56 Å². The Hall–Kier alpha value is -1.98. The highest BCUT2D eigenvalue weighted by atomic mass is 19.4. The molecule has 0 spiro atoms. The van der Waals surface area contributed by atoms with Gasteiger partial charge in [0.1, 0.15) is 11.4 Å². The summed E-state index contributed by atoms with van der Waals surface area (Å²) in [5.74, 6) is -0.404. The highest BCUT2D eigenvalue weighted by molar-refractivity contribution is 5.48. The number of rotatable bonds is 1. The van der Waals surface area contributed by atoms with E-state index in [0.717, 1.165) is 10.9 Å². The summed E-state index contributed by atoms with van der Waals surface area (Å²) in [6.45, 7) is 0. The van der Waals surface area contributed by atoms with Crippen LogP contribution in [-0.4, -0.2) is 9.78 Å². The molecule has 0 fully saturated rings. The third-order valence-corrected chi connectivity index (χ3v) is 2.11. The molecule has 1 aromatic carbocycles. The zero-order valence-electron chi connectivity index (χ0n) is 8.07. The van der Waals surface area contributed by atoms with Crippen molar-refractivity contribution in [3.63, 3.8) is 0 Å². The molecule has 0 atom stereocenters. The SMILES string of the molecule is Nc1c(C(F)(F)F)cnn1-c1ccccc1. The number of nitrogens with zero attached hydrogens (tertiary/aromatic N) is 2. The van der Waals surface area contributed by atoms with Crippen LogP contribution in [-0.2, 0) is 6.18 Å². The lowest BCUT2D eigenvalue weighted by Crippen LogP contribution is -2.09. The Morgan fingerprint density at radius 2 is 1.75 bits per heavy atom. The van der Waals surface area contributed by atoms with Crippen LogP contribution in [0.4, 0.5) is 19.0 Å². The fourth-order valence-electron chi connectivity index (χ4n) is 1.35. The van der Waals surface area contributed by atoms with Gasteiger partial charge in [-0.2, -0.15) is 18.3 Å². The van der Waals surface area contributed by atoms with E-state index in [1.165, 1.54) is 0 Å². The summed E-state index contributed by atoms with van der Waals surface area (Å²) in [4.78, 5) is 0. The van der Waals surface area contributed by atoms with Crippen molar-refractivity contribution in [2.45, 2.75) is 6.18 Å². The molecular formula is C10H8F3N3. The molecule has 1 aromatic heterocycles. The highest BCUT2D eigenvalue weighted by Gasteiger charge is 2.35. The maximum absolute atomic E-state index is 12.4. The summed E-state index contributed by atoms with van der Waals surface area (Å²) in [7, 11) is 0. The first-order chi connectivity index (χ1) is 7.50. The zero-order valence-corrected chi connectivity index (χ0v) is 8.07. The monoisotopic (exact) mass is 227 g/mol. The van der Waals surface area contributed by atoms with Crippen LogP contribution in [0.25, 0.3) is 5.69 Å². The number of nitrogens with two attached hydrogens (primary N) is 1. The largest absolute Gasteiger partial charge is 0.421 e. The zero-order chi connectivity index (χ0) is 11.8. The molecule has 2 rings (SSSR count). The molecule has 16 heavy (non-hydrogen) atoms. The van der Waals surface area contributed by atoms with E-state index in [0.29, 0.717) is 5.69 Å². The number of para-hydroxylation sites is 1. The van der Waals surface area contributed by atoms with Gasteiger partial charge < -0.3 is 5.73 Å². The molecule has 0 saturated heterocycles. The summed E-state index contributed by atoms with van der Waals surface area (Å²) in [6.07, 6.45) is -3.75. The third kappa shape index (κ3) is 1.73. The average Bonchev–Trinajstić information content (AvgIpc) is 2.61. The molecule has 0 aliphatic heterocycles. The molecule has 0 radical (unpaired) electrons. The molecule has 84 valence electrons. The van der Waals surface area contributed by atoms with Crippen molar-refractivity contribution >= 4 is 5.82 Å². The molecule has 0 saturated carbocycles. The molecule has 2 N–H and O–H groups in total. The highest BCUT2D eigenvalue weighted by Crippen LogP contribution is 2.33. The third-order valence-electron chi connectivity index (χ3n) is 2.11. The topological polar surface area (TPSA) is 43.8 Å². The lowest BCUT2D eigenvalue weighted by Gasteiger charge is -2.06. The smallest absolute Gasteiger partial charge is 0.383 e. The number of halogens is 3. The van der Waals surface area contributed by atoms with E-state index >= 15 is 0 Å². The molecule has 0 aliphatic carbocycles. The van der Waals surface area contributed by atoms with E-state index in [1.807, 2.05) is 0 Å². The van der Waals surface area contributed by atoms with E-state index in [1.54, 1.807) is 30.3 Å². The normalized spacial score (nSPS) is 11.7. The minimum atomic E-state index is -4.48. The van der Waals surface area contributed by atoms with Crippen molar-refractivity contribution in [1.29, 1.82) is 0 Å². The van der Waals surface area contributed by atoms with Gasteiger partial charge in [-0.15, -0.1) is 0 Å². The van der Waals surface area contributed by atoms with Crippen molar-refractivity contribution in [2.24, 2.45) is 0 Å². The number of nitrogen functional groups attached to an aromatic ring is 1. The molecule has 0 aliphatic rings. The van der Waals surface area contributed by atoms with Gasteiger partial charge in [-0.05, 0) is 12.1 Å². The van der Waals surface area contributed by atoms with Crippen LogP contribution in [0.5, 0.6) is 0 Å². The van der Waals surface area contributed by atoms with Gasteiger partial charge in [0.15, 0.2) is 0 Å². The number of hydrogen-bond donors (Lipinski definition) is 1. The predicted molar refractivity (Wildman–Crippen MR) is 53.0 cm³/mol. The molecule has 1 heterocycles. The van der Waals surface area contributed by atoms with Crippen LogP contribution in [0.15, 0.2) is 36.5 Å². The van der Waals surface area contributed by atoms with Gasteiger partial charge in [0.25, 0.3) is 0 Å². The lowest BCUT2D eigenvalue weighted by molar-refractivity contribution is -0.136.